The van der Waals surface area contributed by atoms with Gasteiger partial charge in [-0.2, -0.15) is 0 Å². The third-order valence-corrected chi connectivity index (χ3v) is 4.25. The molecule has 0 atom stereocenters. The first-order chi connectivity index (χ1) is 14.3. The smallest absolute Gasteiger partial charge is 0.191 e. The molecule has 3 aromatic rings. The number of aliphatic imine (C=N–C) groups is 1. The van der Waals surface area contributed by atoms with Gasteiger partial charge in [-0.15, -0.1) is 0 Å². The van der Waals surface area contributed by atoms with Gasteiger partial charge in [0, 0.05) is 18.9 Å². The van der Waals surface area contributed by atoms with Crippen LogP contribution < -0.4 is 20.1 Å². The Balaban J connectivity index is 1.55. The van der Waals surface area contributed by atoms with Crippen LogP contribution in [-0.2, 0) is 6.54 Å². The molecular weight excluding hydrogens is 366 g/mol. The molecular formula is C22H27N5O2. The highest BCUT2D eigenvalue weighted by Crippen LogP contribution is 2.17. The van der Waals surface area contributed by atoms with Gasteiger partial charge in [-0.25, -0.2) is 9.98 Å². The largest absolute Gasteiger partial charge is 0.497 e. The summed E-state index contributed by atoms with van der Waals surface area (Å²) in [7, 11) is 1.65. The number of guanidine groups is 1. The predicted octanol–water partition coefficient (Wildman–Crippen LogP) is 3.02. The van der Waals surface area contributed by atoms with Crippen LogP contribution in [0.5, 0.6) is 11.5 Å². The van der Waals surface area contributed by atoms with Crippen molar-refractivity contribution in [3.63, 3.8) is 0 Å². The van der Waals surface area contributed by atoms with E-state index in [-0.39, 0.29) is 0 Å². The summed E-state index contributed by atoms with van der Waals surface area (Å²) >= 11 is 0. The van der Waals surface area contributed by atoms with Crippen LogP contribution in [0.15, 0.2) is 72.2 Å². The number of aromatic nitrogens is 2. The molecule has 0 radical (unpaired) electrons. The lowest BCUT2D eigenvalue weighted by Gasteiger charge is -2.13. The van der Waals surface area contributed by atoms with Crippen LogP contribution >= 0.6 is 0 Å². The van der Waals surface area contributed by atoms with E-state index < -0.39 is 0 Å². The molecule has 0 unspecified atom stereocenters. The van der Waals surface area contributed by atoms with Crippen LogP contribution in [0.4, 0.5) is 0 Å². The number of nitrogens with one attached hydrogen (secondary N) is 2. The molecule has 7 nitrogen and oxygen atoms in total. The fraction of sp³-hybridized carbons (Fsp3) is 0.273. The second-order valence-corrected chi connectivity index (χ2v) is 6.24. The van der Waals surface area contributed by atoms with Crippen LogP contribution in [0.3, 0.4) is 0 Å². The van der Waals surface area contributed by atoms with Crippen molar-refractivity contribution in [3.05, 3.63) is 72.8 Å². The summed E-state index contributed by atoms with van der Waals surface area (Å²) in [5.41, 5.74) is 2.20. The summed E-state index contributed by atoms with van der Waals surface area (Å²) in [6, 6.07) is 15.7. The van der Waals surface area contributed by atoms with Crippen LogP contribution in [0.2, 0.25) is 0 Å². The van der Waals surface area contributed by atoms with Crippen molar-refractivity contribution in [3.8, 4) is 17.2 Å². The number of hydrogen-bond donors (Lipinski definition) is 2. The lowest BCUT2D eigenvalue weighted by molar-refractivity contribution is 0.321. The van der Waals surface area contributed by atoms with Crippen molar-refractivity contribution >= 4 is 5.96 Å². The van der Waals surface area contributed by atoms with Crippen molar-refractivity contribution < 1.29 is 9.47 Å². The number of nitrogens with zero attached hydrogens (tertiary/aromatic N) is 3. The highest BCUT2D eigenvalue weighted by molar-refractivity contribution is 5.79. The summed E-state index contributed by atoms with van der Waals surface area (Å²) in [4.78, 5) is 8.84. The predicted molar refractivity (Wildman–Crippen MR) is 115 cm³/mol. The Labute approximate surface area is 171 Å². The minimum Gasteiger partial charge on any atom is -0.497 e. The summed E-state index contributed by atoms with van der Waals surface area (Å²) in [5.74, 6) is 2.38. The SMILES string of the molecule is CCNC(=NCc1ccccc1-n1ccnc1)NCCOc1ccc(OC)cc1. The third kappa shape index (κ3) is 6.00. The molecule has 0 spiro atoms. The van der Waals surface area contributed by atoms with Crippen LogP contribution in [0, 0.1) is 0 Å². The first-order valence-corrected chi connectivity index (χ1v) is 9.65. The van der Waals surface area contributed by atoms with Gasteiger partial charge in [-0.1, -0.05) is 18.2 Å². The molecule has 0 aliphatic heterocycles. The third-order valence-electron chi connectivity index (χ3n) is 4.25. The van der Waals surface area contributed by atoms with E-state index in [0.29, 0.717) is 19.7 Å². The van der Waals surface area contributed by atoms with Gasteiger partial charge in [0.2, 0.25) is 0 Å². The number of hydrogen-bond acceptors (Lipinski definition) is 4. The number of para-hydroxylation sites is 1. The highest BCUT2D eigenvalue weighted by atomic mass is 16.5. The molecule has 1 aromatic heterocycles. The van der Waals surface area contributed by atoms with Gasteiger partial charge in [0.1, 0.15) is 18.1 Å². The normalized spacial score (nSPS) is 11.2. The Kier molecular flexibility index (Phi) is 7.51. The number of rotatable bonds is 9. The van der Waals surface area contributed by atoms with Gasteiger partial charge in [0.15, 0.2) is 5.96 Å². The maximum absolute atomic E-state index is 5.75. The second-order valence-electron chi connectivity index (χ2n) is 6.24. The van der Waals surface area contributed by atoms with Crippen molar-refractivity contribution in [2.24, 2.45) is 4.99 Å². The molecule has 0 saturated heterocycles. The van der Waals surface area contributed by atoms with Gasteiger partial charge in [0.05, 0.1) is 32.2 Å². The molecule has 2 N–H and O–H groups in total. The van der Waals surface area contributed by atoms with Gasteiger partial charge < -0.3 is 24.7 Å². The molecule has 3 rings (SSSR count). The fourth-order valence-electron chi connectivity index (χ4n) is 2.81. The molecule has 29 heavy (non-hydrogen) atoms. The summed E-state index contributed by atoms with van der Waals surface area (Å²) < 4.78 is 12.9. The lowest BCUT2D eigenvalue weighted by atomic mass is 10.2. The van der Waals surface area contributed by atoms with Crippen molar-refractivity contribution in [2.45, 2.75) is 13.5 Å². The number of imidazole rings is 1. The Morgan fingerprint density at radius 3 is 2.59 bits per heavy atom. The topological polar surface area (TPSA) is 72.7 Å². The average molecular weight is 393 g/mol. The molecule has 0 aliphatic carbocycles. The fourth-order valence-corrected chi connectivity index (χ4v) is 2.81. The van der Waals surface area contributed by atoms with Crippen LogP contribution in [-0.4, -0.2) is 42.3 Å². The van der Waals surface area contributed by atoms with Crippen LogP contribution in [0.1, 0.15) is 12.5 Å². The van der Waals surface area contributed by atoms with E-state index in [1.807, 2.05) is 54.1 Å². The molecule has 0 amide bonds. The maximum atomic E-state index is 5.75. The number of benzene rings is 2. The molecule has 0 bridgehead atoms. The molecule has 7 heteroatoms. The van der Waals surface area contributed by atoms with E-state index in [1.165, 1.54) is 0 Å². The van der Waals surface area contributed by atoms with Gasteiger partial charge in [-0.05, 0) is 42.8 Å². The summed E-state index contributed by atoms with van der Waals surface area (Å²) in [6.07, 6.45) is 5.50. The molecule has 0 fully saturated rings. The molecule has 2 aromatic carbocycles. The molecule has 0 aliphatic rings. The first kappa shape index (κ1) is 20.3. The number of methoxy groups -OCH3 is 1. The van der Waals surface area contributed by atoms with Crippen LogP contribution in [0.25, 0.3) is 5.69 Å². The minimum atomic E-state index is 0.530. The molecule has 1 heterocycles. The molecule has 0 saturated carbocycles. The van der Waals surface area contributed by atoms with Gasteiger partial charge in [0.25, 0.3) is 0 Å². The summed E-state index contributed by atoms with van der Waals surface area (Å²) in [6.45, 7) is 4.56. The van der Waals surface area contributed by atoms with E-state index >= 15 is 0 Å². The van der Waals surface area contributed by atoms with Gasteiger partial charge in [-0.3, -0.25) is 0 Å². The Morgan fingerprint density at radius 1 is 1.07 bits per heavy atom. The van der Waals surface area contributed by atoms with E-state index in [1.54, 1.807) is 19.6 Å². The second kappa shape index (κ2) is 10.8. The number of ether oxygens (including phenoxy) is 2. The van der Waals surface area contributed by atoms with E-state index in [0.717, 1.165) is 35.3 Å². The minimum absolute atomic E-state index is 0.530. The van der Waals surface area contributed by atoms with E-state index in [9.17, 15) is 0 Å². The van der Waals surface area contributed by atoms with Crippen molar-refractivity contribution in [1.82, 2.24) is 20.2 Å². The molecule has 152 valence electrons. The van der Waals surface area contributed by atoms with Crippen molar-refractivity contribution in [1.29, 1.82) is 0 Å². The lowest BCUT2D eigenvalue weighted by Crippen LogP contribution is -2.39. The highest BCUT2D eigenvalue weighted by Gasteiger charge is 2.04. The zero-order valence-corrected chi connectivity index (χ0v) is 16.8. The maximum Gasteiger partial charge on any atom is 0.191 e. The Bertz CT molecular complexity index is 892. The monoisotopic (exact) mass is 393 g/mol. The van der Waals surface area contributed by atoms with E-state index in [2.05, 4.69) is 27.8 Å². The Hall–Kier alpha value is -3.48. The zero-order chi connectivity index (χ0) is 20.3. The van der Waals surface area contributed by atoms with E-state index in [4.69, 9.17) is 14.5 Å². The Morgan fingerprint density at radius 2 is 1.86 bits per heavy atom. The average Bonchev–Trinajstić information content (AvgIpc) is 3.30. The first-order valence-electron chi connectivity index (χ1n) is 9.65. The zero-order valence-electron chi connectivity index (χ0n) is 16.8. The van der Waals surface area contributed by atoms with Gasteiger partial charge >= 0.3 is 0 Å². The quantitative estimate of drug-likeness (QED) is 0.332. The standard InChI is InChI=1S/C22H27N5O2/c1-3-24-22(25-13-15-29-20-10-8-19(28-2)9-11-20)26-16-18-6-4-5-7-21(18)27-14-12-23-17-27/h4-12,14,17H,3,13,15-16H2,1-2H3,(H2,24,25,26). The summed E-state index contributed by atoms with van der Waals surface area (Å²) in [5, 5.41) is 6.58. The van der Waals surface area contributed by atoms with Crippen molar-refractivity contribution in [2.75, 3.05) is 26.8 Å².